The number of para-hydroxylation sites is 1. The van der Waals surface area contributed by atoms with E-state index < -0.39 is 15.3 Å². The van der Waals surface area contributed by atoms with Crippen LogP contribution >= 0.6 is 15.3 Å². The van der Waals surface area contributed by atoms with Gasteiger partial charge in [0.25, 0.3) is 0 Å². The molecule has 1 atom stereocenters. The standard InChI is InChI=1S/C30H56O4P2/c1-4-7-10-13-16-22-27-35(28-23-17-14-11-8-5-2,29-24-18-15-12-9-6-3)34-36(31,32)33-30-25-20-19-21-26-30/h19-21,25-26H,4-18,22-24,27-29H2,1-3H3/p+1. The van der Waals surface area contributed by atoms with Crippen molar-refractivity contribution in [2.45, 2.75) is 136 Å². The third-order valence-corrected chi connectivity index (χ3v) is 13.0. The molecule has 6 heteroatoms. The smallest absolute Gasteiger partial charge is 0.402 e. The lowest BCUT2D eigenvalue weighted by Gasteiger charge is -2.27. The number of benzene rings is 1. The maximum Gasteiger partial charge on any atom is 0.561 e. The second kappa shape index (κ2) is 21.5. The summed E-state index contributed by atoms with van der Waals surface area (Å²) in [5.74, 6) is 0.403. The summed E-state index contributed by atoms with van der Waals surface area (Å²) >= 11 is 0. The monoisotopic (exact) mass is 543 g/mol. The fourth-order valence-corrected chi connectivity index (χ4v) is 11.2. The molecular weight excluding hydrogens is 486 g/mol. The van der Waals surface area contributed by atoms with Gasteiger partial charge in [0, 0.05) is 0 Å². The number of phosphoric acid groups is 1. The lowest BCUT2D eigenvalue weighted by Crippen LogP contribution is -2.13. The van der Waals surface area contributed by atoms with Crippen LogP contribution in [0, 0.1) is 0 Å². The van der Waals surface area contributed by atoms with Crippen molar-refractivity contribution < 1.29 is 18.3 Å². The summed E-state index contributed by atoms with van der Waals surface area (Å²) in [4.78, 5) is 10.9. The Labute approximate surface area is 224 Å². The largest absolute Gasteiger partial charge is 0.561 e. The van der Waals surface area contributed by atoms with E-state index in [-0.39, 0.29) is 0 Å². The van der Waals surface area contributed by atoms with Crippen molar-refractivity contribution in [3.05, 3.63) is 30.3 Å². The Morgan fingerprint density at radius 2 is 0.972 bits per heavy atom. The van der Waals surface area contributed by atoms with Crippen LogP contribution in [0.25, 0.3) is 0 Å². The minimum Gasteiger partial charge on any atom is -0.402 e. The van der Waals surface area contributed by atoms with Gasteiger partial charge in [-0.1, -0.05) is 116 Å². The van der Waals surface area contributed by atoms with E-state index in [0.717, 1.165) is 37.7 Å². The molecule has 0 saturated heterocycles. The molecule has 36 heavy (non-hydrogen) atoms. The first-order valence-electron chi connectivity index (χ1n) is 15.1. The van der Waals surface area contributed by atoms with Gasteiger partial charge in [-0.3, -0.25) is 4.89 Å². The SMILES string of the molecule is CCCCCCCC[P+](CCCCCCCC)(CCCCCCCC)OP(=O)(O)Oc1ccccc1. The Bertz CT molecular complexity index is 627. The normalized spacial score (nSPS) is 13.6. The molecule has 210 valence electrons. The molecule has 1 N–H and O–H groups in total. The summed E-state index contributed by atoms with van der Waals surface area (Å²) in [6.07, 6.45) is 24.9. The lowest BCUT2D eigenvalue weighted by atomic mass is 10.1. The maximum absolute atomic E-state index is 13.3. The van der Waals surface area contributed by atoms with Crippen LogP contribution in [-0.2, 0) is 8.88 Å². The van der Waals surface area contributed by atoms with Crippen LogP contribution in [0.3, 0.4) is 0 Å². The molecular formula is C30H57O4P2+. The Balaban J connectivity index is 2.88. The van der Waals surface area contributed by atoms with Crippen LogP contribution in [0.1, 0.15) is 136 Å². The zero-order chi connectivity index (χ0) is 26.4. The quantitative estimate of drug-likeness (QED) is 0.0984. The van der Waals surface area contributed by atoms with Gasteiger partial charge in [0.15, 0.2) is 7.49 Å². The van der Waals surface area contributed by atoms with Crippen molar-refractivity contribution in [3.8, 4) is 5.75 Å². The van der Waals surface area contributed by atoms with Gasteiger partial charge in [0.1, 0.15) is 5.75 Å². The number of phosphoric ester groups is 1. The van der Waals surface area contributed by atoms with Gasteiger partial charge >= 0.3 is 7.82 Å². The minimum atomic E-state index is -4.19. The molecule has 0 fully saturated rings. The van der Waals surface area contributed by atoms with E-state index in [1.54, 1.807) is 12.1 Å². The third kappa shape index (κ3) is 17.2. The number of rotatable bonds is 25. The predicted octanol–water partition coefficient (Wildman–Crippen LogP) is 11.2. The summed E-state index contributed by atoms with van der Waals surface area (Å²) in [5.41, 5.74) is 0. The average molecular weight is 544 g/mol. The highest BCUT2D eigenvalue weighted by Gasteiger charge is 2.47. The third-order valence-electron chi connectivity index (χ3n) is 7.00. The fraction of sp³-hybridized carbons (Fsp3) is 0.800. The molecule has 0 radical (unpaired) electrons. The molecule has 0 aliphatic rings. The van der Waals surface area contributed by atoms with E-state index in [0.29, 0.717) is 5.75 Å². The van der Waals surface area contributed by atoms with Crippen molar-refractivity contribution in [2.24, 2.45) is 0 Å². The van der Waals surface area contributed by atoms with Crippen LogP contribution in [0.15, 0.2) is 30.3 Å². The minimum absolute atomic E-state index is 0.403. The zero-order valence-corrected chi connectivity index (χ0v) is 25.6. The fourth-order valence-electron chi connectivity index (χ4n) is 4.85. The van der Waals surface area contributed by atoms with E-state index in [1.807, 2.05) is 18.2 Å². The van der Waals surface area contributed by atoms with E-state index in [4.69, 9.17) is 8.83 Å². The highest BCUT2D eigenvalue weighted by molar-refractivity contribution is 7.77. The molecule has 0 heterocycles. The second-order valence-electron chi connectivity index (χ2n) is 10.5. The van der Waals surface area contributed by atoms with Crippen LogP contribution in [-0.4, -0.2) is 23.4 Å². The van der Waals surface area contributed by atoms with Gasteiger partial charge in [-0.15, -0.1) is 4.31 Å². The Kier molecular flexibility index (Phi) is 20.1. The van der Waals surface area contributed by atoms with E-state index in [1.165, 1.54) is 96.3 Å². The first-order valence-corrected chi connectivity index (χ1v) is 18.9. The molecule has 0 aliphatic heterocycles. The number of hydrogen-bond donors (Lipinski definition) is 1. The van der Waals surface area contributed by atoms with Crippen LogP contribution in [0.5, 0.6) is 5.75 Å². The van der Waals surface area contributed by atoms with Gasteiger partial charge in [-0.05, 0) is 50.7 Å². The molecule has 1 aromatic rings. The van der Waals surface area contributed by atoms with Gasteiger partial charge in [-0.25, -0.2) is 4.57 Å². The molecule has 4 nitrogen and oxygen atoms in total. The van der Waals surface area contributed by atoms with Gasteiger partial charge in [-0.2, -0.15) is 0 Å². The summed E-state index contributed by atoms with van der Waals surface area (Å²) in [5, 5.41) is 0. The maximum atomic E-state index is 13.3. The van der Waals surface area contributed by atoms with Gasteiger partial charge < -0.3 is 4.52 Å². The Morgan fingerprint density at radius 3 is 1.36 bits per heavy atom. The first kappa shape index (κ1) is 33.6. The molecule has 0 amide bonds. The molecule has 0 saturated carbocycles. The van der Waals surface area contributed by atoms with Crippen LogP contribution in [0.4, 0.5) is 0 Å². The van der Waals surface area contributed by atoms with E-state index in [9.17, 15) is 9.46 Å². The second-order valence-corrected chi connectivity index (χ2v) is 15.7. The van der Waals surface area contributed by atoms with Crippen molar-refractivity contribution in [1.82, 2.24) is 0 Å². The number of hydrogen-bond acceptors (Lipinski definition) is 3. The Hall–Kier alpha value is -0.400. The molecule has 1 aromatic carbocycles. The van der Waals surface area contributed by atoms with E-state index >= 15 is 0 Å². The van der Waals surface area contributed by atoms with Crippen molar-refractivity contribution >= 4 is 15.3 Å². The van der Waals surface area contributed by atoms with Crippen molar-refractivity contribution in [1.29, 1.82) is 0 Å². The molecule has 0 bridgehead atoms. The first-order chi connectivity index (χ1) is 17.5. The van der Waals surface area contributed by atoms with Crippen LogP contribution < -0.4 is 4.52 Å². The lowest BCUT2D eigenvalue weighted by molar-refractivity contribution is 0.296. The predicted molar refractivity (Wildman–Crippen MR) is 160 cm³/mol. The molecule has 1 unspecified atom stereocenters. The zero-order valence-electron chi connectivity index (χ0n) is 23.8. The van der Waals surface area contributed by atoms with E-state index in [2.05, 4.69) is 20.8 Å². The van der Waals surface area contributed by atoms with Crippen molar-refractivity contribution in [2.75, 3.05) is 18.5 Å². The highest BCUT2D eigenvalue weighted by atomic mass is 31.3. The highest BCUT2D eigenvalue weighted by Crippen LogP contribution is 2.71. The molecule has 0 aromatic heterocycles. The summed E-state index contributed by atoms with van der Waals surface area (Å²) in [6, 6.07) is 8.97. The van der Waals surface area contributed by atoms with Crippen molar-refractivity contribution in [3.63, 3.8) is 0 Å². The average Bonchev–Trinajstić information content (AvgIpc) is 2.85. The van der Waals surface area contributed by atoms with Gasteiger partial charge in [0.2, 0.25) is 0 Å². The summed E-state index contributed by atoms with van der Waals surface area (Å²) < 4.78 is 25.1. The van der Waals surface area contributed by atoms with Crippen LogP contribution in [0.2, 0.25) is 0 Å². The summed E-state index contributed by atoms with van der Waals surface area (Å²) in [7, 11) is -6.24. The Morgan fingerprint density at radius 1 is 0.611 bits per heavy atom. The topological polar surface area (TPSA) is 55.8 Å². The summed E-state index contributed by atoms with van der Waals surface area (Å²) in [6.45, 7) is 6.74. The molecule has 0 spiro atoms. The van der Waals surface area contributed by atoms with Gasteiger partial charge in [0.05, 0.1) is 18.5 Å². The number of unbranched alkanes of at least 4 members (excludes halogenated alkanes) is 15. The molecule has 1 rings (SSSR count). The molecule has 0 aliphatic carbocycles.